The van der Waals surface area contributed by atoms with Crippen LogP contribution in [0.2, 0.25) is 40.2 Å². The van der Waals surface area contributed by atoms with Gasteiger partial charge in [-0.05, 0) is 337 Å². The molecule has 0 fully saturated rings. The predicted molar refractivity (Wildman–Crippen MR) is 615 cm³/mol. The molecule has 0 aliphatic rings. The van der Waals surface area contributed by atoms with Crippen molar-refractivity contribution in [2.45, 2.75) is 277 Å². The SMILES string of the molecule is CC(C)c1cc(Cl)ccc1Cl.CC(C)c1cc(Cl)ccc1F.CC(C)c1cc(F)cc(F)c1.CC(C)c1cc(F)ccc1Cl.CC(C)c1cc(F)ccc1F.CC(C)c1ccc(Cl)c(Cl)c1.CC(C)c1ccc(F)c(F)c1.CC(C)c1ccc(F)cc1.CC(C)c1ccc(F)cc1Cl.CC(C)c1cccc(Cl)c1.CC(C)c1cccc(F)c1.CC(C)c1cccc(F)c1F.CC(C)c1ccccc1Br.CC(C)c1ccccc1F. The minimum atomic E-state index is -0.783. The van der Waals surface area contributed by atoms with Crippen molar-refractivity contribution in [1.29, 1.82) is 0 Å². The standard InChI is InChI=1S/C9H11Br.2C9H10Cl2.3C9H10ClF.C9H11Cl.4C9H10F2.3C9H11F/c1-7(2)8-5-3-4-6-9(8)10;1-6(2)8-5-7(10)3-4-9(8)11;1-6(2)7-3-4-8(10)9(11)5-7;1-6(2)8-5-7(11)3-4-9(8)10;1-6(2)8-5-7(10)3-4-9(8)11;1-6(2)8-4-3-7(11)5-9(8)10;1-7(2)8-4-3-5-9(10)6-8;1-6(2)7-3-8(10)5-9(11)4-7;1-6(2)8-5-7(10)3-4-9(8)11;1-6(2)7-3-4-8(10)9(11)5-7;1-6(2)7-4-3-5-8(10)9(7)11;1-7(2)8-3-5-9(10)6-4-8;1-7(2)8-4-3-5-9(10)6-8;1-7(2)8-5-3-4-6-9(8)10/h3-7H,1-2H3;5*3-6H,1-2H3;3-7H,1-2H3;4*3-6H,1-2H3;3*3-7H,1-2H3. The fourth-order valence-electron chi connectivity index (χ4n) is 12.9. The zero-order valence-electron chi connectivity index (χ0n) is 90.4. The van der Waals surface area contributed by atoms with Crippen molar-refractivity contribution in [2.24, 2.45) is 0 Å². The maximum absolute atomic E-state index is 13.0. The molecule has 14 aromatic rings. The van der Waals surface area contributed by atoms with E-state index in [-0.39, 0.29) is 88.0 Å². The third kappa shape index (κ3) is 55.8. The number of rotatable bonds is 14. The van der Waals surface area contributed by atoms with E-state index in [2.05, 4.69) is 123 Å². The zero-order valence-corrected chi connectivity index (χ0v) is 98.0. The Morgan fingerprint density at radius 3 is 0.859 bits per heavy atom. The van der Waals surface area contributed by atoms with Gasteiger partial charge >= 0.3 is 0 Å². The van der Waals surface area contributed by atoms with Gasteiger partial charge < -0.3 is 0 Å². The molecule has 149 heavy (non-hydrogen) atoms. The van der Waals surface area contributed by atoms with Crippen LogP contribution in [0.15, 0.2) is 290 Å². The molecule has 810 valence electrons. The first-order chi connectivity index (χ1) is 69.5. The molecule has 0 aliphatic carbocycles. The first-order valence-electron chi connectivity index (χ1n) is 49.3. The van der Waals surface area contributed by atoms with Crippen LogP contribution in [0.4, 0.5) is 61.5 Å². The molecule has 23 heteroatoms. The lowest BCUT2D eigenvalue weighted by molar-refractivity contribution is 0.494. The molecule has 0 atom stereocenters. The maximum atomic E-state index is 13.0. The van der Waals surface area contributed by atoms with E-state index < -0.39 is 34.9 Å². The molecule has 0 heterocycles. The number of benzene rings is 14. The predicted octanol–water partition coefficient (Wildman–Crippen LogP) is 47.3. The smallest absolute Gasteiger partial charge is 0.162 e. The number of halogens is 23. The molecular formula is C126H145BrCl8F14. The molecule has 0 amide bonds. The molecule has 0 bridgehead atoms. The Morgan fingerprint density at radius 2 is 0.470 bits per heavy atom. The summed E-state index contributed by atoms with van der Waals surface area (Å²) in [7, 11) is 0. The van der Waals surface area contributed by atoms with Crippen molar-refractivity contribution in [3.05, 3.63) is 489 Å². The largest absolute Gasteiger partial charge is 0.207 e. The van der Waals surface area contributed by atoms with Crippen LogP contribution in [0.3, 0.4) is 0 Å². The van der Waals surface area contributed by atoms with Crippen LogP contribution in [-0.4, -0.2) is 0 Å². The van der Waals surface area contributed by atoms with Crippen molar-refractivity contribution >= 4 is 109 Å². The Kier molecular flexibility index (Phi) is 67.1. The van der Waals surface area contributed by atoms with E-state index in [0.29, 0.717) is 88.8 Å². The van der Waals surface area contributed by atoms with Crippen LogP contribution in [0.1, 0.15) is 355 Å². The summed E-state index contributed by atoms with van der Waals surface area (Å²) in [5, 5.41) is 5.37. The van der Waals surface area contributed by atoms with Crippen LogP contribution in [0, 0.1) is 81.4 Å². The lowest BCUT2D eigenvalue weighted by atomic mass is 10.0. The summed E-state index contributed by atoms with van der Waals surface area (Å²) >= 11 is 49.9. The summed E-state index contributed by atoms with van der Waals surface area (Å²) < 4.78 is 178. The van der Waals surface area contributed by atoms with E-state index in [4.69, 9.17) is 92.8 Å². The topological polar surface area (TPSA) is 0 Å². The van der Waals surface area contributed by atoms with Gasteiger partial charge in [-0.25, -0.2) is 61.5 Å². The summed E-state index contributed by atoms with van der Waals surface area (Å²) in [4.78, 5) is 0. The summed E-state index contributed by atoms with van der Waals surface area (Å²) in [5.74, 6) is -1.27. The maximum Gasteiger partial charge on any atom is 0.162 e. The molecule has 0 nitrogen and oxygen atoms in total. The molecule has 0 spiro atoms. The molecular weight excluding hydrogens is 2140 g/mol. The van der Waals surface area contributed by atoms with Gasteiger partial charge in [0.05, 0.1) is 10.0 Å². The van der Waals surface area contributed by atoms with Crippen molar-refractivity contribution in [3.63, 3.8) is 0 Å². The molecule has 0 saturated carbocycles. The number of hydrogen-bond acceptors (Lipinski definition) is 0. The summed E-state index contributed by atoms with van der Waals surface area (Å²) in [5.41, 5.74) is 13.0. The highest BCUT2D eigenvalue weighted by atomic mass is 79.9. The highest BCUT2D eigenvalue weighted by Crippen LogP contribution is 2.33. The molecule has 0 aliphatic heterocycles. The fraction of sp³-hybridized carbons (Fsp3) is 0.333. The Labute approximate surface area is 928 Å². The average Bonchev–Trinajstić information content (AvgIpc) is 0.815. The van der Waals surface area contributed by atoms with E-state index >= 15 is 0 Å². The molecule has 0 saturated heterocycles. The van der Waals surface area contributed by atoms with E-state index in [1.165, 1.54) is 112 Å². The summed E-state index contributed by atoms with van der Waals surface area (Å²) in [6, 6.07) is 76.7. The van der Waals surface area contributed by atoms with Gasteiger partial charge in [-0.1, -0.05) is 406 Å². The van der Waals surface area contributed by atoms with E-state index in [1.807, 2.05) is 196 Å². The van der Waals surface area contributed by atoms with Gasteiger partial charge in [-0.15, -0.1) is 0 Å². The molecule has 0 radical (unpaired) electrons. The monoisotopic (exact) mass is 2280 g/mol. The summed E-state index contributed by atoms with van der Waals surface area (Å²) in [6.07, 6.45) is 0. The third-order valence-electron chi connectivity index (χ3n) is 21.9. The second-order valence-electron chi connectivity index (χ2n) is 38.9. The average molecular weight is 2290 g/mol. The normalized spacial score (nSPS) is 10.6. The quantitative estimate of drug-likeness (QED) is 0.0952. The van der Waals surface area contributed by atoms with Crippen LogP contribution in [-0.2, 0) is 0 Å². The Balaban J connectivity index is 0.000000802. The lowest BCUT2D eigenvalue weighted by Crippen LogP contribution is -1.95. The molecule has 14 aromatic carbocycles. The van der Waals surface area contributed by atoms with Crippen LogP contribution < -0.4 is 0 Å². The Hall–Kier alpha value is -9.10. The molecule has 0 unspecified atom stereocenters. The van der Waals surface area contributed by atoms with Gasteiger partial charge in [0.25, 0.3) is 0 Å². The highest BCUT2D eigenvalue weighted by Gasteiger charge is 2.15. The summed E-state index contributed by atoms with van der Waals surface area (Å²) in [6.45, 7) is 56.3. The van der Waals surface area contributed by atoms with E-state index in [0.717, 1.165) is 78.8 Å². The van der Waals surface area contributed by atoms with Gasteiger partial charge in [-0.2, -0.15) is 0 Å². The van der Waals surface area contributed by atoms with Crippen LogP contribution >= 0.6 is 109 Å². The molecule has 14 rings (SSSR count). The second kappa shape index (κ2) is 72.5. The number of hydrogen-bond donors (Lipinski definition) is 0. The van der Waals surface area contributed by atoms with Crippen molar-refractivity contribution < 1.29 is 61.5 Å². The van der Waals surface area contributed by atoms with E-state index in [1.54, 1.807) is 60.7 Å². The van der Waals surface area contributed by atoms with Crippen molar-refractivity contribution in [3.8, 4) is 0 Å². The highest BCUT2D eigenvalue weighted by molar-refractivity contribution is 9.10. The zero-order chi connectivity index (χ0) is 114. The fourth-order valence-corrected chi connectivity index (χ4v) is 15.5. The van der Waals surface area contributed by atoms with Gasteiger partial charge in [0.1, 0.15) is 58.2 Å². The van der Waals surface area contributed by atoms with Gasteiger partial charge in [0.2, 0.25) is 0 Å². The second-order valence-corrected chi connectivity index (χ2v) is 43.1. The van der Waals surface area contributed by atoms with Crippen molar-refractivity contribution in [2.75, 3.05) is 0 Å². The van der Waals surface area contributed by atoms with Gasteiger partial charge in [0, 0.05) is 40.7 Å². The van der Waals surface area contributed by atoms with E-state index in [9.17, 15) is 61.5 Å². The van der Waals surface area contributed by atoms with Gasteiger partial charge in [0.15, 0.2) is 23.3 Å². The molecule has 0 aromatic heterocycles. The lowest BCUT2D eigenvalue weighted by Gasteiger charge is -2.07. The Morgan fingerprint density at radius 1 is 0.154 bits per heavy atom. The van der Waals surface area contributed by atoms with Crippen LogP contribution in [0.5, 0.6) is 0 Å². The minimum absolute atomic E-state index is 0.0331. The van der Waals surface area contributed by atoms with Crippen molar-refractivity contribution in [1.82, 2.24) is 0 Å². The molecule has 0 N–H and O–H groups in total. The Bertz CT molecular complexity index is 5810. The first kappa shape index (κ1) is 138. The first-order valence-corrected chi connectivity index (χ1v) is 53.1. The van der Waals surface area contributed by atoms with Gasteiger partial charge in [-0.3, -0.25) is 0 Å². The van der Waals surface area contributed by atoms with Crippen LogP contribution in [0.25, 0.3) is 0 Å². The third-order valence-corrected chi connectivity index (χ3v) is 25.1. The minimum Gasteiger partial charge on any atom is -0.207 e.